The van der Waals surface area contributed by atoms with Crippen LogP contribution in [0.3, 0.4) is 0 Å². The van der Waals surface area contributed by atoms with Crippen LogP contribution in [0.25, 0.3) is 0 Å². The van der Waals surface area contributed by atoms with Crippen LogP contribution in [0, 0.1) is 6.92 Å². The molecule has 3 rings (SSSR count). The second-order valence-electron chi connectivity index (χ2n) is 10.3. The van der Waals surface area contributed by atoms with Crippen molar-refractivity contribution in [3.8, 4) is 0 Å². The number of anilines is 1. The fraction of sp³-hybridized carbons (Fsp3) is 0.355. The van der Waals surface area contributed by atoms with E-state index < -0.39 is 16.1 Å². The molecule has 1 atom stereocenters. The number of amides is 2. The van der Waals surface area contributed by atoms with E-state index in [0.29, 0.717) is 17.1 Å². The van der Waals surface area contributed by atoms with Crippen molar-refractivity contribution >= 4 is 39.1 Å². The summed E-state index contributed by atoms with van der Waals surface area (Å²) in [5.41, 5.74) is 3.36. The number of aryl methyl sites for hydroxylation is 1. The Bertz CT molecular complexity index is 1400. The van der Waals surface area contributed by atoms with Crippen LogP contribution in [-0.4, -0.2) is 50.0 Å². The van der Waals surface area contributed by atoms with Gasteiger partial charge in [-0.05, 0) is 56.5 Å². The summed E-state index contributed by atoms with van der Waals surface area (Å²) in [6, 6.07) is 23.3. The van der Waals surface area contributed by atoms with Gasteiger partial charge in [0.1, 0.15) is 6.04 Å². The van der Waals surface area contributed by atoms with Gasteiger partial charge in [-0.2, -0.15) is 0 Å². The first-order chi connectivity index (χ1) is 18.9. The van der Waals surface area contributed by atoms with E-state index in [-0.39, 0.29) is 43.8 Å². The van der Waals surface area contributed by atoms with Gasteiger partial charge in [-0.1, -0.05) is 77.8 Å². The van der Waals surface area contributed by atoms with Gasteiger partial charge < -0.3 is 10.2 Å². The fourth-order valence-electron chi connectivity index (χ4n) is 4.58. The summed E-state index contributed by atoms with van der Waals surface area (Å²) in [7, 11) is -3.60. The minimum atomic E-state index is -3.60. The molecule has 0 bridgehead atoms. The van der Waals surface area contributed by atoms with Crippen LogP contribution in [0.15, 0.2) is 78.9 Å². The van der Waals surface area contributed by atoms with E-state index in [1.165, 1.54) is 4.31 Å². The lowest BCUT2D eigenvalue weighted by Gasteiger charge is -2.32. The molecule has 9 heteroatoms. The molecule has 2 amide bonds. The number of carbonyl (C=O) groups is 2. The molecule has 0 unspecified atom stereocenters. The Morgan fingerprint density at radius 3 is 2.23 bits per heavy atom. The Morgan fingerprint density at radius 2 is 1.60 bits per heavy atom. The average molecular weight is 584 g/mol. The second kappa shape index (κ2) is 14.3. The van der Waals surface area contributed by atoms with Gasteiger partial charge in [-0.3, -0.25) is 13.9 Å². The van der Waals surface area contributed by atoms with Gasteiger partial charge >= 0.3 is 0 Å². The molecule has 0 aliphatic rings. The molecule has 0 saturated heterocycles. The zero-order chi connectivity index (χ0) is 29.3. The molecule has 214 valence electrons. The third kappa shape index (κ3) is 9.38. The Morgan fingerprint density at radius 1 is 0.925 bits per heavy atom. The van der Waals surface area contributed by atoms with Crippen molar-refractivity contribution in [1.29, 1.82) is 0 Å². The van der Waals surface area contributed by atoms with Crippen molar-refractivity contribution in [3.05, 3.63) is 101 Å². The molecule has 0 spiro atoms. The summed E-state index contributed by atoms with van der Waals surface area (Å²) in [5.74, 6) is -0.447. The maximum atomic E-state index is 13.8. The molecule has 7 nitrogen and oxygen atoms in total. The molecule has 0 saturated carbocycles. The largest absolute Gasteiger partial charge is 0.352 e. The summed E-state index contributed by atoms with van der Waals surface area (Å²) in [5, 5.41) is 3.41. The van der Waals surface area contributed by atoms with Crippen LogP contribution in [0.1, 0.15) is 43.4 Å². The summed E-state index contributed by atoms with van der Waals surface area (Å²) in [6.07, 6.45) is 1.83. The molecule has 0 aliphatic heterocycles. The lowest BCUT2D eigenvalue weighted by atomic mass is 10.0. The number of nitrogens with one attached hydrogen (secondary N) is 1. The Hall–Kier alpha value is -3.36. The molecule has 0 aliphatic carbocycles. The first-order valence-electron chi connectivity index (χ1n) is 13.4. The first kappa shape index (κ1) is 31.2. The van der Waals surface area contributed by atoms with Gasteiger partial charge in [0.2, 0.25) is 21.8 Å². The van der Waals surface area contributed by atoms with E-state index in [4.69, 9.17) is 11.6 Å². The highest BCUT2D eigenvalue weighted by Gasteiger charge is 2.31. The summed E-state index contributed by atoms with van der Waals surface area (Å²) < 4.78 is 26.4. The van der Waals surface area contributed by atoms with Crippen molar-refractivity contribution in [1.82, 2.24) is 10.2 Å². The number of halogens is 1. The number of hydrogen-bond acceptors (Lipinski definition) is 4. The molecule has 3 aromatic rings. The van der Waals surface area contributed by atoms with Crippen molar-refractivity contribution in [2.24, 2.45) is 0 Å². The molecule has 40 heavy (non-hydrogen) atoms. The predicted octanol–water partition coefficient (Wildman–Crippen LogP) is 5.36. The Kier molecular flexibility index (Phi) is 11.2. The summed E-state index contributed by atoms with van der Waals surface area (Å²) in [4.78, 5) is 28.9. The van der Waals surface area contributed by atoms with Crippen LogP contribution < -0.4 is 9.62 Å². The topological polar surface area (TPSA) is 86.8 Å². The SMILES string of the molecule is Cc1cccc(CN(C(=O)CCCN(c2cccc(Cl)c2)S(C)(=O)=O)[C@H](Cc2ccccc2)C(=O)NC(C)C)c1. The van der Waals surface area contributed by atoms with Crippen LogP contribution in [0.5, 0.6) is 0 Å². The Labute approximate surface area is 243 Å². The van der Waals surface area contributed by atoms with E-state index in [2.05, 4.69) is 5.32 Å². The zero-order valence-corrected chi connectivity index (χ0v) is 25.1. The highest BCUT2D eigenvalue weighted by Crippen LogP contribution is 2.23. The number of benzene rings is 3. The van der Waals surface area contributed by atoms with Crippen LogP contribution in [0.4, 0.5) is 5.69 Å². The van der Waals surface area contributed by atoms with E-state index in [9.17, 15) is 18.0 Å². The predicted molar refractivity (Wildman–Crippen MR) is 162 cm³/mol. The van der Waals surface area contributed by atoms with E-state index in [1.807, 2.05) is 75.4 Å². The quantitative estimate of drug-likeness (QED) is 0.293. The first-order valence-corrected chi connectivity index (χ1v) is 15.6. The lowest BCUT2D eigenvalue weighted by Crippen LogP contribution is -2.51. The molecule has 1 N–H and O–H groups in total. The highest BCUT2D eigenvalue weighted by atomic mass is 35.5. The number of rotatable bonds is 13. The van der Waals surface area contributed by atoms with E-state index in [1.54, 1.807) is 29.2 Å². The normalized spacial score (nSPS) is 12.2. The summed E-state index contributed by atoms with van der Waals surface area (Å²) >= 11 is 6.10. The number of nitrogens with zero attached hydrogens (tertiary/aromatic N) is 2. The van der Waals surface area contributed by atoms with Gasteiger partial charge in [0, 0.05) is 37.0 Å². The number of hydrogen-bond donors (Lipinski definition) is 1. The maximum Gasteiger partial charge on any atom is 0.243 e. The van der Waals surface area contributed by atoms with E-state index >= 15 is 0 Å². The standard InChI is InChI=1S/C31H38ClN3O4S/c1-23(2)33-31(37)29(20-25-12-6-5-7-13-25)34(22-26-14-8-11-24(3)19-26)30(36)17-10-18-35(40(4,38)39)28-16-9-15-27(32)21-28/h5-9,11-16,19,21,23,29H,10,17-18,20,22H2,1-4H3,(H,33,37)/t29-/m1/s1. The van der Waals surface area contributed by atoms with Crippen molar-refractivity contribution in [2.45, 2.75) is 58.7 Å². The van der Waals surface area contributed by atoms with Gasteiger partial charge in [0.15, 0.2) is 0 Å². The van der Waals surface area contributed by atoms with Gasteiger partial charge in [-0.15, -0.1) is 0 Å². The third-order valence-corrected chi connectivity index (χ3v) is 7.81. The third-order valence-electron chi connectivity index (χ3n) is 6.39. The monoisotopic (exact) mass is 583 g/mol. The molecule has 0 heterocycles. The second-order valence-corrected chi connectivity index (χ2v) is 12.6. The molecule has 3 aromatic carbocycles. The van der Waals surface area contributed by atoms with Crippen LogP contribution in [-0.2, 0) is 32.6 Å². The van der Waals surface area contributed by atoms with Crippen molar-refractivity contribution in [3.63, 3.8) is 0 Å². The van der Waals surface area contributed by atoms with Gasteiger partial charge in [0.25, 0.3) is 0 Å². The smallest absolute Gasteiger partial charge is 0.243 e. The molecular formula is C31H38ClN3O4S. The number of carbonyl (C=O) groups excluding carboxylic acids is 2. The molecule has 0 radical (unpaired) electrons. The fourth-order valence-corrected chi connectivity index (χ4v) is 5.72. The highest BCUT2D eigenvalue weighted by molar-refractivity contribution is 7.92. The Balaban J connectivity index is 1.88. The minimum absolute atomic E-state index is 0.0681. The van der Waals surface area contributed by atoms with Crippen molar-refractivity contribution in [2.75, 3.05) is 17.1 Å². The molecule has 0 aromatic heterocycles. The lowest BCUT2D eigenvalue weighted by molar-refractivity contribution is -0.141. The van der Waals surface area contributed by atoms with Crippen molar-refractivity contribution < 1.29 is 18.0 Å². The minimum Gasteiger partial charge on any atom is -0.352 e. The maximum absolute atomic E-state index is 13.8. The van der Waals surface area contributed by atoms with Gasteiger partial charge in [0.05, 0.1) is 11.9 Å². The zero-order valence-electron chi connectivity index (χ0n) is 23.5. The number of sulfonamides is 1. The van der Waals surface area contributed by atoms with E-state index in [0.717, 1.165) is 22.9 Å². The summed E-state index contributed by atoms with van der Waals surface area (Å²) in [6.45, 7) is 6.12. The average Bonchev–Trinajstić information content (AvgIpc) is 2.88. The van der Waals surface area contributed by atoms with Gasteiger partial charge in [-0.25, -0.2) is 8.42 Å². The van der Waals surface area contributed by atoms with Crippen LogP contribution in [0.2, 0.25) is 5.02 Å². The molecule has 0 fully saturated rings. The molecular weight excluding hydrogens is 546 g/mol. The van der Waals surface area contributed by atoms with Crippen LogP contribution >= 0.6 is 11.6 Å².